The summed E-state index contributed by atoms with van der Waals surface area (Å²) in [5, 5.41) is 2.94. The Morgan fingerprint density at radius 2 is 1.82 bits per heavy atom. The molecule has 2 amide bonds. The molecule has 0 bridgehead atoms. The second-order valence-corrected chi connectivity index (χ2v) is 11.6. The number of anilines is 1. The molecule has 202 valence electrons. The molecule has 2 fully saturated rings. The van der Waals surface area contributed by atoms with E-state index in [1.165, 1.54) is 16.4 Å². The number of nitrogens with one attached hydrogen (secondary N) is 1. The fourth-order valence-corrected chi connectivity index (χ4v) is 6.78. The van der Waals surface area contributed by atoms with Crippen LogP contribution in [-0.4, -0.2) is 48.9 Å². The summed E-state index contributed by atoms with van der Waals surface area (Å²) in [5.41, 5.74) is 6.91. The highest BCUT2D eigenvalue weighted by molar-refractivity contribution is 7.89. The molecule has 1 saturated carbocycles. The lowest BCUT2D eigenvalue weighted by molar-refractivity contribution is -0.121. The minimum atomic E-state index is -3.86. The van der Waals surface area contributed by atoms with E-state index in [2.05, 4.69) is 10.3 Å². The maximum atomic E-state index is 13.3. The fraction of sp³-hybridized carbons (Fsp3) is 0.296. The van der Waals surface area contributed by atoms with Crippen LogP contribution >= 0.6 is 0 Å². The summed E-state index contributed by atoms with van der Waals surface area (Å²) in [7, 11) is -3.86. The van der Waals surface area contributed by atoms with Gasteiger partial charge in [0.1, 0.15) is 11.9 Å². The number of hydrogen-bond donors (Lipinski definition) is 2. The molecule has 3 heterocycles. The molecule has 0 radical (unpaired) electrons. The summed E-state index contributed by atoms with van der Waals surface area (Å²) in [6.07, 6.45) is 2.46. The van der Waals surface area contributed by atoms with Crippen molar-refractivity contribution in [1.82, 2.24) is 9.29 Å². The van der Waals surface area contributed by atoms with E-state index in [0.717, 1.165) is 18.4 Å². The number of nitrogens with two attached hydrogens (primary N) is 1. The number of carbonyl (C=O) groups is 2. The van der Waals surface area contributed by atoms with Gasteiger partial charge in [-0.25, -0.2) is 13.4 Å². The summed E-state index contributed by atoms with van der Waals surface area (Å²) < 4.78 is 38.2. The molecule has 3 aromatic rings. The number of fused-ring (bicyclic) bond motifs is 1. The van der Waals surface area contributed by atoms with Gasteiger partial charge in [0.2, 0.25) is 28.6 Å². The van der Waals surface area contributed by atoms with E-state index in [0.29, 0.717) is 41.4 Å². The highest BCUT2D eigenvalue weighted by Gasteiger charge is 2.51. The van der Waals surface area contributed by atoms with Gasteiger partial charge in [-0.1, -0.05) is 24.3 Å². The molecule has 10 nitrogen and oxygen atoms in total. The van der Waals surface area contributed by atoms with Crippen molar-refractivity contribution in [1.29, 1.82) is 0 Å². The van der Waals surface area contributed by atoms with Crippen LogP contribution in [0.25, 0.3) is 11.3 Å². The molecule has 1 saturated heterocycles. The first-order chi connectivity index (χ1) is 18.3. The first-order valence-electron chi connectivity index (χ1n) is 12.4. The number of aromatic nitrogens is 1. The molecule has 38 heavy (non-hydrogen) atoms. The Kier molecular flexibility index (Phi) is 5.84. The molecule has 0 spiro atoms. The van der Waals surface area contributed by atoms with Crippen molar-refractivity contribution in [3.63, 3.8) is 0 Å². The van der Waals surface area contributed by atoms with Crippen LogP contribution < -0.4 is 20.5 Å². The summed E-state index contributed by atoms with van der Waals surface area (Å²) in [6, 6.07) is 16.3. The highest BCUT2D eigenvalue weighted by atomic mass is 32.2. The van der Waals surface area contributed by atoms with Crippen molar-refractivity contribution in [2.45, 2.75) is 42.0 Å². The van der Waals surface area contributed by atoms with Gasteiger partial charge in [0.05, 0.1) is 16.0 Å². The zero-order valence-electron chi connectivity index (χ0n) is 20.4. The van der Waals surface area contributed by atoms with Gasteiger partial charge < -0.3 is 20.5 Å². The SMILES string of the molecule is NC(=O)[C@@H]1CCCN1S(=O)(=O)c1ccc(-c2cccc(NC(=O)C3(c4ccc5c(c4)OCO5)CC3)n2)cc1.[HH].[HH].[HH]. The lowest BCUT2D eigenvalue weighted by Gasteiger charge is -2.21. The molecule has 11 heteroatoms. The number of carbonyl (C=O) groups excluding carboxylic acids is 2. The third-order valence-electron chi connectivity index (χ3n) is 7.39. The first-order valence-corrected chi connectivity index (χ1v) is 13.8. The van der Waals surface area contributed by atoms with Crippen LogP contribution in [0, 0.1) is 0 Å². The third-order valence-corrected chi connectivity index (χ3v) is 9.31. The number of nitrogens with zero attached hydrogens (tertiary/aromatic N) is 2. The standard InChI is InChI=1S/C27H26N4O6S.3H2/c28-25(32)21-4-2-14-31(21)38(34,35)19-9-6-17(7-10-19)20-3-1-5-24(29-20)30-26(33)27(12-13-27)18-8-11-22-23(15-18)37-16-36-22;;;/h1,3,5-11,15,21H,2,4,12-14,16H2,(H2,28,32)(H,29,30,33);3*1H/t21-;;;/m0.../s1. The van der Waals surface area contributed by atoms with E-state index in [-0.39, 0.29) is 28.4 Å². The predicted octanol–water partition coefficient (Wildman–Crippen LogP) is 3.52. The molecule has 6 rings (SSSR count). The van der Waals surface area contributed by atoms with Crippen LogP contribution in [0.15, 0.2) is 65.6 Å². The van der Waals surface area contributed by atoms with Gasteiger partial charge in [-0.2, -0.15) is 4.31 Å². The maximum absolute atomic E-state index is 13.3. The van der Waals surface area contributed by atoms with Gasteiger partial charge in [-0.3, -0.25) is 9.59 Å². The monoisotopic (exact) mass is 540 g/mol. The smallest absolute Gasteiger partial charge is 0.243 e. The second-order valence-electron chi connectivity index (χ2n) is 9.71. The Morgan fingerprint density at radius 1 is 1.05 bits per heavy atom. The van der Waals surface area contributed by atoms with Crippen molar-refractivity contribution in [3.05, 3.63) is 66.2 Å². The lowest BCUT2D eigenvalue weighted by Crippen LogP contribution is -2.43. The lowest BCUT2D eigenvalue weighted by atomic mass is 9.94. The van der Waals surface area contributed by atoms with Crippen LogP contribution in [0.1, 0.15) is 35.5 Å². The molecule has 3 N–H and O–H groups in total. The van der Waals surface area contributed by atoms with E-state index in [9.17, 15) is 18.0 Å². The molecule has 1 atom stereocenters. The highest BCUT2D eigenvalue weighted by Crippen LogP contribution is 2.51. The normalized spacial score (nSPS) is 19.7. The zero-order chi connectivity index (χ0) is 26.5. The van der Waals surface area contributed by atoms with E-state index >= 15 is 0 Å². The average molecular weight is 541 g/mol. The van der Waals surface area contributed by atoms with E-state index < -0.39 is 27.4 Å². The molecule has 1 aliphatic carbocycles. The molecular weight excluding hydrogens is 508 g/mol. The minimum Gasteiger partial charge on any atom is -0.454 e. The van der Waals surface area contributed by atoms with Gasteiger partial charge in [-0.05, 0) is 67.6 Å². The molecular formula is C27H32N4O6S. The van der Waals surface area contributed by atoms with Crippen molar-refractivity contribution >= 4 is 27.7 Å². The van der Waals surface area contributed by atoms with Crippen LogP contribution in [0.4, 0.5) is 5.82 Å². The van der Waals surface area contributed by atoms with E-state index in [1.54, 1.807) is 30.3 Å². The number of hydrogen-bond acceptors (Lipinski definition) is 7. The number of primary amides is 1. The maximum Gasteiger partial charge on any atom is 0.243 e. The van der Waals surface area contributed by atoms with Gasteiger partial charge >= 0.3 is 0 Å². The Morgan fingerprint density at radius 3 is 2.55 bits per heavy atom. The molecule has 0 unspecified atom stereocenters. The van der Waals surface area contributed by atoms with Gasteiger partial charge in [-0.15, -0.1) is 0 Å². The molecule has 1 aromatic heterocycles. The minimum absolute atomic E-state index is 0. The second kappa shape index (κ2) is 9.10. The van der Waals surface area contributed by atoms with Crippen molar-refractivity contribution < 1.29 is 31.8 Å². The number of rotatable bonds is 7. The number of sulfonamides is 1. The number of benzene rings is 2. The van der Waals surface area contributed by atoms with Crippen LogP contribution in [0.3, 0.4) is 0 Å². The zero-order valence-corrected chi connectivity index (χ0v) is 21.2. The topological polar surface area (TPSA) is 141 Å². The Bertz CT molecular complexity index is 1550. The Hall–Kier alpha value is -3.96. The molecule has 2 aliphatic heterocycles. The first kappa shape index (κ1) is 24.4. The van der Waals surface area contributed by atoms with Crippen molar-refractivity contribution in [2.75, 3.05) is 18.7 Å². The third kappa shape index (κ3) is 4.17. The summed E-state index contributed by atoms with van der Waals surface area (Å²) >= 11 is 0. The van der Waals surface area contributed by atoms with E-state index in [1.807, 2.05) is 18.2 Å². The quantitative estimate of drug-likeness (QED) is 0.467. The predicted molar refractivity (Wildman–Crippen MR) is 144 cm³/mol. The Balaban J connectivity index is 0.00000154. The van der Waals surface area contributed by atoms with Crippen LogP contribution in [0.2, 0.25) is 0 Å². The molecule has 3 aliphatic rings. The number of ether oxygens (including phenoxy) is 2. The van der Waals surface area contributed by atoms with Crippen molar-refractivity contribution in [3.8, 4) is 22.8 Å². The van der Waals surface area contributed by atoms with Gasteiger partial charge in [0.15, 0.2) is 11.5 Å². The average Bonchev–Trinajstić information content (AvgIpc) is 3.33. The summed E-state index contributed by atoms with van der Waals surface area (Å²) in [5.74, 6) is 0.931. The Labute approximate surface area is 224 Å². The van der Waals surface area contributed by atoms with Gasteiger partial charge in [0.25, 0.3) is 0 Å². The van der Waals surface area contributed by atoms with Crippen LogP contribution in [-0.2, 0) is 25.0 Å². The number of pyridine rings is 1. The largest absolute Gasteiger partial charge is 0.454 e. The number of amides is 2. The van der Waals surface area contributed by atoms with Crippen molar-refractivity contribution in [2.24, 2.45) is 5.73 Å². The van der Waals surface area contributed by atoms with Crippen LogP contribution in [0.5, 0.6) is 11.5 Å². The van der Waals surface area contributed by atoms with E-state index in [4.69, 9.17) is 15.2 Å². The molecule has 2 aromatic carbocycles. The fourth-order valence-electron chi connectivity index (χ4n) is 5.11. The summed E-state index contributed by atoms with van der Waals surface area (Å²) in [4.78, 5) is 29.6. The summed E-state index contributed by atoms with van der Waals surface area (Å²) in [6.45, 7) is 0.433. The van der Waals surface area contributed by atoms with Gasteiger partial charge in [0, 0.05) is 16.4 Å².